The van der Waals surface area contributed by atoms with Crippen molar-refractivity contribution in [2.24, 2.45) is 5.92 Å². The normalized spacial score (nSPS) is 33.9. The van der Waals surface area contributed by atoms with Gasteiger partial charge in [0.1, 0.15) is 11.6 Å². The molecule has 3 atom stereocenters. The molecule has 4 heteroatoms. The van der Waals surface area contributed by atoms with Crippen molar-refractivity contribution in [3.05, 3.63) is 0 Å². The molecule has 2 aliphatic rings. The summed E-state index contributed by atoms with van der Waals surface area (Å²) in [4.78, 5) is 12.1. The molecule has 2 fully saturated rings. The number of carbonyl (C=O) groups excluding carboxylic acids is 1. The Kier molecular flexibility index (Phi) is 3.73. The third-order valence-electron chi connectivity index (χ3n) is 3.37. The maximum atomic E-state index is 12.1. The van der Waals surface area contributed by atoms with Crippen LogP contribution in [0.15, 0.2) is 0 Å². The lowest BCUT2D eigenvalue weighted by Gasteiger charge is -2.27. The molecule has 2 heterocycles. The summed E-state index contributed by atoms with van der Waals surface area (Å²) >= 11 is 0. The largest absolute Gasteiger partial charge is 0.459 e. The zero-order valence-corrected chi connectivity index (χ0v) is 11.0. The second-order valence-corrected chi connectivity index (χ2v) is 5.97. The Bertz CT molecular complexity index is 279. The van der Waals surface area contributed by atoms with Gasteiger partial charge in [-0.15, -0.1) is 0 Å². The summed E-state index contributed by atoms with van der Waals surface area (Å²) < 4.78 is 11.2. The number of hydrogen-bond donors (Lipinski definition) is 1. The van der Waals surface area contributed by atoms with E-state index in [0.717, 1.165) is 32.4 Å². The third kappa shape index (κ3) is 3.19. The smallest absolute Gasteiger partial charge is 0.324 e. The molecule has 0 saturated carbocycles. The van der Waals surface area contributed by atoms with Crippen LogP contribution >= 0.6 is 0 Å². The van der Waals surface area contributed by atoms with E-state index in [2.05, 4.69) is 5.32 Å². The Labute approximate surface area is 103 Å². The number of nitrogens with one attached hydrogen (secondary N) is 1. The molecule has 0 aromatic carbocycles. The Morgan fingerprint density at radius 3 is 2.71 bits per heavy atom. The SMILES string of the molecule is CC(C)(C)OC(=O)C1NCCC1C1CCCO1. The minimum atomic E-state index is -0.414. The maximum absolute atomic E-state index is 12.1. The lowest BCUT2D eigenvalue weighted by atomic mass is 9.92. The van der Waals surface area contributed by atoms with Crippen LogP contribution in [0, 0.1) is 5.92 Å². The van der Waals surface area contributed by atoms with E-state index in [4.69, 9.17) is 9.47 Å². The van der Waals surface area contributed by atoms with E-state index in [-0.39, 0.29) is 24.0 Å². The first-order valence-electron chi connectivity index (χ1n) is 6.55. The molecule has 4 nitrogen and oxygen atoms in total. The molecule has 0 amide bonds. The van der Waals surface area contributed by atoms with Crippen LogP contribution in [0.2, 0.25) is 0 Å². The molecule has 98 valence electrons. The lowest BCUT2D eigenvalue weighted by molar-refractivity contribution is -0.159. The van der Waals surface area contributed by atoms with Crippen LogP contribution < -0.4 is 5.32 Å². The monoisotopic (exact) mass is 241 g/mol. The minimum absolute atomic E-state index is 0.129. The van der Waals surface area contributed by atoms with Crippen LogP contribution in [0.5, 0.6) is 0 Å². The fourth-order valence-electron chi connectivity index (χ4n) is 2.69. The van der Waals surface area contributed by atoms with Crippen molar-refractivity contribution in [1.82, 2.24) is 5.32 Å². The van der Waals surface area contributed by atoms with Gasteiger partial charge in [0.25, 0.3) is 0 Å². The van der Waals surface area contributed by atoms with Gasteiger partial charge >= 0.3 is 5.97 Å². The van der Waals surface area contributed by atoms with Crippen LogP contribution in [-0.4, -0.2) is 36.9 Å². The average Bonchev–Trinajstić information content (AvgIpc) is 2.85. The van der Waals surface area contributed by atoms with E-state index in [1.807, 2.05) is 20.8 Å². The maximum Gasteiger partial charge on any atom is 0.324 e. The second kappa shape index (κ2) is 4.94. The predicted octanol–water partition coefficient (Wildman–Crippen LogP) is 1.49. The van der Waals surface area contributed by atoms with E-state index >= 15 is 0 Å². The van der Waals surface area contributed by atoms with E-state index in [1.54, 1.807) is 0 Å². The number of ether oxygens (including phenoxy) is 2. The Balaban J connectivity index is 1.96. The van der Waals surface area contributed by atoms with Crippen molar-refractivity contribution in [2.75, 3.05) is 13.2 Å². The molecule has 3 unspecified atom stereocenters. The molecule has 1 N–H and O–H groups in total. The van der Waals surface area contributed by atoms with Crippen LogP contribution in [0.4, 0.5) is 0 Å². The molecule has 0 bridgehead atoms. The molecule has 0 aromatic heterocycles. The lowest BCUT2D eigenvalue weighted by Crippen LogP contribution is -2.43. The highest BCUT2D eigenvalue weighted by Crippen LogP contribution is 2.29. The first-order valence-corrected chi connectivity index (χ1v) is 6.55. The predicted molar refractivity (Wildman–Crippen MR) is 64.7 cm³/mol. The summed E-state index contributed by atoms with van der Waals surface area (Å²) in [7, 11) is 0. The average molecular weight is 241 g/mol. The van der Waals surface area contributed by atoms with Crippen molar-refractivity contribution >= 4 is 5.97 Å². The zero-order chi connectivity index (χ0) is 12.5. The van der Waals surface area contributed by atoms with Crippen molar-refractivity contribution in [3.63, 3.8) is 0 Å². The van der Waals surface area contributed by atoms with Crippen molar-refractivity contribution in [2.45, 2.75) is 57.8 Å². The zero-order valence-electron chi connectivity index (χ0n) is 11.0. The molecule has 2 saturated heterocycles. The molecule has 17 heavy (non-hydrogen) atoms. The summed E-state index contributed by atoms with van der Waals surface area (Å²) in [5.41, 5.74) is -0.414. The molecule has 2 aliphatic heterocycles. The summed E-state index contributed by atoms with van der Waals surface area (Å²) in [6.45, 7) is 7.43. The summed E-state index contributed by atoms with van der Waals surface area (Å²) in [5, 5.41) is 3.25. The number of carbonyl (C=O) groups is 1. The molecular formula is C13H23NO3. The summed E-state index contributed by atoms with van der Waals surface area (Å²) in [6.07, 6.45) is 3.44. The van der Waals surface area contributed by atoms with Crippen LogP contribution in [0.25, 0.3) is 0 Å². The van der Waals surface area contributed by atoms with Gasteiger partial charge in [-0.25, -0.2) is 0 Å². The van der Waals surface area contributed by atoms with Gasteiger partial charge in [0.05, 0.1) is 6.10 Å². The van der Waals surface area contributed by atoms with Gasteiger partial charge in [0, 0.05) is 12.5 Å². The van der Waals surface area contributed by atoms with Gasteiger partial charge in [0.2, 0.25) is 0 Å². The van der Waals surface area contributed by atoms with E-state index in [9.17, 15) is 4.79 Å². The van der Waals surface area contributed by atoms with Crippen LogP contribution in [0.3, 0.4) is 0 Å². The Hall–Kier alpha value is -0.610. The molecule has 2 rings (SSSR count). The first-order chi connectivity index (χ1) is 7.97. The third-order valence-corrected chi connectivity index (χ3v) is 3.37. The highest BCUT2D eigenvalue weighted by molar-refractivity contribution is 5.77. The fraction of sp³-hybridized carbons (Fsp3) is 0.923. The van der Waals surface area contributed by atoms with Crippen molar-refractivity contribution < 1.29 is 14.3 Å². The highest BCUT2D eigenvalue weighted by atomic mass is 16.6. The quantitative estimate of drug-likeness (QED) is 0.744. The Morgan fingerprint density at radius 2 is 2.12 bits per heavy atom. The number of hydrogen-bond acceptors (Lipinski definition) is 4. The van der Waals surface area contributed by atoms with Crippen LogP contribution in [-0.2, 0) is 14.3 Å². The van der Waals surface area contributed by atoms with Gasteiger partial charge in [-0.1, -0.05) is 0 Å². The molecule has 0 spiro atoms. The van der Waals surface area contributed by atoms with Gasteiger partial charge < -0.3 is 14.8 Å². The Morgan fingerprint density at radius 1 is 1.35 bits per heavy atom. The summed E-state index contributed by atoms with van der Waals surface area (Å²) in [5.74, 6) is 0.155. The van der Waals surface area contributed by atoms with E-state index in [0.29, 0.717) is 0 Å². The first kappa shape index (κ1) is 12.8. The van der Waals surface area contributed by atoms with E-state index in [1.165, 1.54) is 0 Å². The van der Waals surface area contributed by atoms with Crippen molar-refractivity contribution in [1.29, 1.82) is 0 Å². The van der Waals surface area contributed by atoms with Gasteiger partial charge in [-0.05, 0) is 46.6 Å². The standard InChI is InChI=1S/C13H23NO3/c1-13(2,3)17-12(15)11-9(6-7-14-11)10-5-4-8-16-10/h9-11,14H,4-8H2,1-3H3. The fourth-order valence-corrected chi connectivity index (χ4v) is 2.69. The highest BCUT2D eigenvalue weighted by Gasteiger charge is 2.41. The van der Waals surface area contributed by atoms with Gasteiger partial charge in [-0.2, -0.15) is 0 Å². The molecule has 0 radical (unpaired) electrons. The topological polar surface area (TPSA) is 47.6 Å². The van der Waals surface area contributed by atoms with E-state index < -0.39 is 5.60 Å². The van der Waals surface area contributed by atoms with Crippen LogP contribution in [0.1, 0.15) is 40.0 Å². The molecule has 0 aromatic rings. The van der Waals surface area contributed by atoms with Gasteiger partial charge in [-0.3, -0.25) is 4.79 Å². The molecular weight excluding hydrogens is 218 g/mol. The molecule has 0 aliphatic carbocycles. The van der Waals surface area contributed by atoms with Gasteiger partial charge in [0.15, 0.2) is 0 Å². The number of esters is 1. The minimum Gasteiger partial charge on any atom is -0.459 e. The number of rotatable bonds is 2. The second-order valence-electron chi connectivity index (χ2n) is 5.97. The van der Waals surface area contributed by atoms with Crippen molar-refractivity contribution in [3.8, 4) is 0 Å². The summed E-state index contributed by atoms with van der Waals surface area (Å²) in [6, 6.07) is -0.183.